The molecule has 0 radical (unpaired) electrons. The molecule has 1 rings (SSSR count). The quantitative estimate of drug-likeness (QED) is 0.660. The molecule has 5 nitrogen and oxygen atoms in total. The van der Waals surface area contributed by atoms with Crippen molar-refractivity contribution in [1.82, 2.24) is 0 Å². The molecular formula is C7H8O5S. The van der Waals surface area contributed by atoms with Crippen LogP contribution in [0.1, 0.15) is 6.92 Å². The fourth-order valence-corrected chi connectivity index (χ4v) is 1.25. The second-order valence-corrected chi connectivity index (χ2v) is 4.39. The first kappa shape index (κ1) is 9.79. The van der Waals surface area contributed by atoms with Gasteiger partial charge in [0, 0.05) is 19.2 Å². The number of furan rings is 1. The van der Waals surface area contributed by atoms with Crippen LogP contribution in [-0.4, -0.2) is 20.6 Å². The van der Waals surface area contributed by atoms with Gasteiger partial charge in [-0.25, -0.2) is 8.42 Å². The third kappa shape index (κ3) is 2.59. The monoisotopic (exact) mass is 204 g/mol. The Morgan fingerprint density at radius 1 is 1.46 bits per heavy atom. The summed E-state index contributed by atoms with van der Waals surface area (Å²) in [5.41, 5.74) is 0. The Hall–Kier alpha value is -1.30. The van der Waals surface area contributed by atoms with Gasteiger partial charge in [-0.3, -0.25) is 4.79 Å². The van der Waals surface area contributed by atoms with Crippen molar-refractivity contribution in [2.75, 3.05) is 6.26 Å². The second kappa shape index (κ2) is 3.21. The van der Waals surface area contributed by atoms with Gasteiger partial charge in [-0.05, 0) is 6.07 Å². The van der Waals surface area contributed by atoms with Crippen molar-refractivity contribution in [1.29, 1.82) is 0 Å². The Morgan fingerprint density at radius 3 is 2.46 bits per heavy atom. The number of ether oxygens (including phenoxy) is 1. The molecule has 0 saturated heterocycles. The topological polar surface area (TPSA) is 73.6 Å². The van der Waals surface area contributed by atoms with Gasteiger partial charge in [-0.2, -0.15) is 0 Å². The first-order valence-electron chi connectivity index (χ1n) is 3.38. The molecule has 0 amide bonds. The summed E-state index contributed by atoms with van der Waals surface area (Å²) in [4.78, 5) is 10.4. The maximum absolute atomic E-state index is 10.9. The fourth-order valence-electron chi connectivity index (χ4n) is 0.699. The Labute approximate surface area is 75.2 Å². The highest BCUT2D eigenvalue weighted by Crippen LogP contribution is 2.19. The highest BCUT2D eigenvalue weighted by Gasteiger charge is 2.13. The fraction of sp³-hybridized carbons (Fsp3) is 0.286. The van der Waals surface area contributed by atoms with Crippen molar-refractivity contribution in [2.24, 2.45) is 0 Å². The highest BCUT2D eigenvalue weighted by molar-refractivity contribution is 7.90. The van der Waals surface area contributed by atoms with Crippen LogP contribution in [0.25, 0.3) is 0 Å². The van der Waals surface area contributed by atoms with E-state index in [9.17, 15) is 13.2 Å². The number of carbonyl (C=O) groups excluding carboxylic acids is 1. The van der Waals surface area contributed by atoms with E-state index in [0.717, 1.165) is 6.26 Å². The zero-order valence-corrected chi connectivity index (χ0v) is 7.92. The van der Waals surface area contributed by atoms with Gasteiger partial charge in [0.1, 0.15) is 0 Å². The summed E-state index contributed by atoms with van der Waals surface area (Å²) in [6, 6.07) is 2.51. The summed E-state index contributed by atoms with van der Waals surface area (Å²) in [5.74, 6) is -0.678. The standard InChI is InChI=1S/C7H8O5S/c1-5(8)11-6-3-4-7(12-6)13(2,9)10/h3-4H,1-2H3. The largest absolute Gasteiger partial charge is 0.414 e. The third-order valence-corrected chi connectivity index (χ3v) is 2.12. The molecule has 0 bridgehead atoms. The molecule has 0 spiro atoms. The molecule has 0 saturated carbocycles. The molecule has 6 heteroatoms. The van der Waals surface area contributed by atoms with Crippen LogP contribution in [0.15, 0.2) is 21.6 Å². The predicted molar refractivity (Wildman–Crippen MR) is 43.1 cm³/mol. The zero-order valence-electron chi connectivity index (χ0n) is 7.10. The van der Waals surface area contributed by atoms with E-state index in [2.05, 4.69) is 4.74 Å². The van der Waals surface area contributed by atoms with Crippen LogP contribution in [0.3, 0.4) is 0 Å². The Kier molecular flexibility index (Phi) is 2.42. The molecule has 0 unspecified atom stereocenters. The van der Waals surface area contributed by atoms with E-state index in [1.165, 1.54) is 19.1 Å². The summed E-state index contributed by atoms with van der Waals surface area (Å²) >= 11 is 0. The molecule has 0 N–H and O–H groups in total. The molecule has 13 heavy (non-hydrogen) atoms. The van der Waals surface area contributed by atoms with E-state index in [1.54, 1.807) is 0 Å². The summed E-state index contributed by atoms with van der Waals surface area (Å²) < 4.78 is 31.0. The van der Waals surface area contributed by atoms with Gasteiger partial charge in [0.2, 0.25) is 14.9 Å². The molecule has 1 heterocycles. The number of hydrogen-bond donors (Lipinski definition) is 0. The molecule has 1 aromatic heterocycles. The minimum absolute atomic E-state index is 0.118. The first-order chi connectivity index (χ1) is 5.89. The smallest absolute Gasteiger partial charge is 0.310 e. The minimum atomic E-state index is -3.38. The van der Waals surface area contributed by atoms with Gasteiger partial charge in [-0.1, -0.05) is 0 Å². The summed E-state index contributed by atoms with van der Waals surface area (Å²) in [6.45, 7) is 1.20. The van der Waals surface area contributed by atoms with Crippen LogP contribution < -0.4 is 4.74 Å². The first-order valence-corrected chi connectivity index (χ1v) is 5.27. The molecule has 0 aliphatic heterocycles. The van der Waals surface area contributed by atoms with Gasteiger partial charge in [-0.15, -0.1) is 0 Å². The highest BCUT2D eigenvalue weighted by atomic mass is 32.2. The van der Waals surface area contributed by atoms with Crippen molar-refractivity contribution in [3.63, 3.8) is 0 Å². The Bertz CT molecular complexity index is 414. The summed E-state index contributed by atoms with van der Waals surface area (Å²) in [7, 11) is -3.38. The maximum Gasteiger partial charge on any atom is 0.310 e. The lowest BCUT2D eigenvalue weighted by atomic mass is 10.6. The summed E-state index contributed by atoms with van der Waals surface area (Å²) in [5, 5.41) is -0.219. The lowest BCUT2D eigenvalue weighted by molar-refractivity contribution is -0.133. The van der Waals surface area contributed by atoms with Crippen LogP contribution in [-0.2, 0) is 14.6 Å². The van der Waals surface area contributed by atoms with E-state index in [1.807, 2.05) is 0 Å². The molecule has 0 aliphatic carbocycles. The van der Waals surface area contributed by atoms with Gasteiger partial charge in [0.25, 0.3) is 5.95 Å². The molecule has 0 atom stereocenters. The summed E-state index contributed by atoms with van der Waals surface area (Å²) in [6.07, 6.45) is 1.00. The second-order valence-electron chi connectivity index (χ2n) is 2.44. The minimum Gasteiger partial charge on any atom is -0.414 e. The normalized spacial score (nSPS) is 11.2. The van der Waals surface area contributed by atoms with E-state index < -0.39 is 15.8 Å². The van der Waals surface area contributed by atoms with E-state index in [4.69, 9.17) is 4.42 Å². The predicted octanol–water partition coefficient (Wildman–Crippen LogP) is 0.608. The van der Waals surface area contributed by atoms with Crippen LogP contribution in [0, 0.1) is 0 Å². The van der Waals surface area contributed by atoms with Gasteiger partial charge in [0.05, 0.1) is 0 Å². The van der Waals surface area contributed by atoms with Crippen molar-refractivity contribution >= 4 is 15.8 Å². The Balaban J connectivity index is 2.94. The number of sulfone groups is 1. The Morgan fingerprint density at radius 2 is 2.08 bits per heavy atom. The zero-order chi connectivity index (χ0) is 10.1. The van der Waals surface area contributed by atoms with Crippen molar-refractivity contribution in [2.45, 2.75) is 12.0 Å². The molecular weight excluding hydrogens is 196 g/mol. The SMILES string of the molecule is CC(=O)Oc1ccc(S(C)(=O)=O)o1. The lowest BCUT2D eigenvalue weighted by Gasteiger charge is -1.93. The van der Waals surface area contributed by atoms with Gasteiger partial charge >= 0.3 is 5.97 Å². The van der Waals surface area contributed by atoms with Crippen LogP contribution in [0.4, 0.5) is 0 Å². The van der Waals surface area contributed by atoms with Crippen LogP contribution in [0.5, 0.6) is 5.95 Å². The van der Waals surface area contributed by atoms with Gasteiger partial charge < -0.3 is 9.15 Å². The number of rotatable bonds is 2. The van der Waals surface area contributed by atoms with Crippen molar-refractivity contribution in [3.05, 3.63) is 12.1 Å². The number of hydrogen-bond acceptors (Lipinski definition) is 5. The number of carbonyl (C=O) groups is 1. The lowest BCUT2D eigenvalue weighted by Crippen LogP contribution is -2.00. The van der Waals surface area contributed by atoms with Crippen molar-refractivity contribution in [3.8, 4) is 5.95 Å². The molecule has 1 aromatic rings. The van der Waals surface area contributed by atoms with Crippen LogP contribution >= 0.6 is 0 Å². The van der Waals surface area contributed by atoms with E-state index in [-0.39, 0.29) is 11.0 Å². The average molecular weight is 204 g/mol. The molecule has 72 valence electrons. The average Bonchev–Trinajstić information content (AvgIpc) is 2.32. The third-order valence-electron chi connectivity index (χ3n) is 1.17. The maximum atomic E-state index is 10.9. The molecule has 0 aromatic carbocycles. The van der Waals surface area contributed by atoms with Crippen molar-refractivity contribution < 1.29 is 22.4 Å². The van der Waals surface area contributed by atoms with E-state index in [0.29, 0.717) is 0 Å². The number of esters is 1. The molecule has 0 aliphatic rings. The molecule has 0 fully saturated rings. The van der Waals surface area contributed by atoms with Crippen LogP contribution in [0.2, 0.25) is 0 Å². The van der Waals surface area contributed by atoms with Gasteiger partial charge in [0.15, 0.2) is 0 Å². The van der Waals surface area contributed by atoms with E-state index >= 15 is 0 Å².